The molecule has 1 heterocycles. The summed E-state index contributed by atoms with van der Waals surface area (Å²) in [4.78, 5) is 12.2. The van der Waals surface area contributed by atoms with E-state index in [2.05, 4.69) is 15.7 Å². The number of hydrogen-bond acceptors (Lipinski definition) is 2. The second kappa shape index (κ2) is 6.36. The summed E-state index contributed by atoms with van der Waals surface area (Å²) < 4.78 is 1.71. The summed E-state index contributed by atoms with van der Waals surface area (Å²) in [6, 6.07) is 18.9. The molecule has 0 unspecified atom stereocenters. The lowest BCUT2D eigenvalue weighted by atomic mass is 10.2. The molecule has 3 rings (SSSR count). The van der Waals surface area contributed by atoms with Crippen LogP contribution in [-0.4, -0.2) is 15.8 Å². The summed E-state index contributed by atoms with van der Waals surface area (Å²) in [6.45, 7) is 3.90. The normalized spacial score (nSPS) is 10.3. The Kier molecular flexibility index (Phi) is 4.10. The Morgan fingerprint density at radius 2 is 1.65 bits per heavy atom. The first kappa shape index (κ1) is 14.8. The maximum Gasteiger partial charge on any atom is 0.324 e. The van der Waals surface area contributed by atoms with Crippen LogP contribution >= 0.6 is 0 Å². The zero-order chi connectivity index (χ0) is 16.2. The van der Waals surface area contributed by atoms with Gasteiger partial charge >= 0.3 is 6.03 Å². The molecule has 5 nitrogen and oxygen atoms in total. The number of amides is 2. The number of nitrogens with zero attached hydrogens (tertiary/aromatic N) is 2. The molecule has 0 aliphatic heterocycles. The number of benzene rings is 2. The number of carbonyl (C=O) groups excluding carboxylic acids is 1. The van der Waals surface area contributed by atoms with Crippen LogP contribution in [0.4, 0.5) is 16.3 Å². The van der Waals surface area contributed by atoms with Crippen LogP contribution in [0.15, 0.2) is 60.7 Å². The van der Waals surface area contributed by atoms with Crippen molar-refractivity contribution in [2.75, 3.05) is 10.6 Å². The van der Waals surface area contributed by atoms with Crippen molar-refractivity contribution in [2.24, 2.45) is 0 Å². The Morgan fingerprint density at radius 3 is 2.35 bits per heavy atom. The largest absolute Gasteiger partial charge is 0.324 e. The number of hydrogen-bond donors (Lipinski definition) is 2. The molecular weight excluding hydrogens is 288 g/mol. The molecule has 0 fully saturated rings. The van der Waals surface area contributed by atoms with Gasteiger partial charge < -0.3 is 5.32 Å². The van der Waals surface area contributed by atoms with Gasteiger partial charge in [0.05, 0.1) is 11.4 Å². The zero-order valence-electron chi connectivity index (χ0n) is 13.1. The van der Waals surface area contributed by atoms with Crippen molar-refractivity contribution in [2.45, 2.75) is 13.8 Å². The minimum atomic E-state index is -0.300. The van der Waals surface area contributed by atoms with Gasteiger partial charge in [-0.25, -0.2) is 9.48 Å². The molecule has 0 radical (unpaired) electrons. The molecule has 2 aromatic carbocycles. The second-order valence-electron chi connectivity index (χ2n) is 5.36. The SMILES string of the molecule is Cc1ccc(NC(=O)Nc2cc(C)nn2-c2ccccc2)cc1. The van der Waals surface area contributed by atoms with E-state index < -0.39 is 0 Å². The van der Waals surface area contributed by atoms with E-state index >= 15 is 0 Å². The van der Waals surface area contributed by atoms with Crippen molar-refractivity contribution in [1.82, 2.24) is 9.78 Å². The fourth-order valence-corrected chi connectivity index (χ4v) is 2.27. The Bertz CT molecular complexity index is 807. The molecule has 0 saturated carbocycles. The van der Waals surface area contributed by atoms with Crippen molar-refractivity contribution < 1.29 is 4.79 Å². The molecule has 0 spiro atoms. The highest BCUT2D eigenvalue weighted by Gasteiger charge is 2.10. The molecule has 0 saturated heterocycles. The summed E-state index contributed by atoms with van der Waals surface area (Å²) in [5, 5.41) is 10.1. The van der Waals surface area contributed by atoms with Gasteiger partial charge in [-0.15, -0.1) is 0 Å². The van der Waals surface area contributed by atoms with Crippen molar-refractivity contribution >= 4 is 17.5 Å². The molecule has 0 bridgehead atoms. The van der Waals surface area contributed by atoms with Crippen molar-refractivity contribution in [3.05, 3.63) is 71.9 Å². The van der Waals surface area contributed by atoms with Crippen molar-refractivity contribution in [3.8, 4) is 5.69 Å². The van der Waals surface area contributed by atoms with E-state index in [4.69, 9.17) is 0 Å². The number of carbonyl (C=O) groups is 1. The predicted octanol–water partition coefficient (Wildman–Crippen LogP) is 4.13. The van der Waals surface area contributed by atoms with Gasteiger partial charge in [0.25, 0.3) is 0 Å². The topological polar surface area (TPSA) is 59.0 Å². The number of aryl methyl sites for hydroxylation is 2. The van der Waals surface area contributed by atoms with Crippen LogP contribution in [0.25, 0.3) is 5.69 Å². The quantitative estimate of drug-likeness (QED) is 0.764. The molecule has 3 aromatic rings. The molecule has 23 heavy (non-hydrogen) atoms. The van der Waals surface area contributed by atoms with Gasteiger partial charge in [0.2, 0.25) is 0 Å². The maximum absolute atomic E-state index is 12.2. The smallest absolute Gasteiger partial charge is 0.308 e. The molecule has 0 aliphatic carbocycles. The summed E-state index contributed by atoms with van der Waals surface area (Å²) in [6.07, 6.45) is 0. The van der Waals surface area contributed by atoms with E-state index in [1.165, 1.54) is 0 Å². The summed E-state index contributed by atoms with van der Waals surface area (Å²) in [5.74, 6) is 0.623. The van der Waals surface area contributed by atoms with Gasteiger partial charge in [0.1, 0.15) is 5.82 Å². The minimum Gasteiger partial charge on any atom is -0.308 e. The fourth-order valence-electron chi connectivity index (χ4n) is 2.27. The van der Waals surface area contributed by atoms with Crippen LogP contribution in [0.2, 0.25) is 0 Å². The Balaban J connectivity index is 1.77. The standard InChI is InChI=1S/C18H18N4O/c1-13-8-10-15(11-9-13)19-18(23)20-17-12-14(2)21-22(17)16-6-4-3-5-7-16/h3-12H,1-2H3,(H2,19,20,23). The lowest BCUT2D eigenvalue weighted by molar-refractivity contribution is 0.262. The average molecular weight is 306 g/mol. The van der Waals surface area contributed by atoms with Crippen LogP contribution in [-0.2, 0) is 0 Å². The lowest BCUT2D eigenvalue weighted by Crippen LogP contribution is -2.21. The summed E-state index contributed by atoms with van der Waals surface area (Å²) in [5.41, 5.74) is 3.62. The van der Waals surface area contributed by atoms with Gasteiger partial charge in [-0.2, -0.15) is 5.10 Å². The Labute approximate surface area is 135 Å². The predicted molar refractivity (Wildman–Crippen MR) is 92.1 cm³/mol. The van der Waals surface area contributed by atoms with Crippen LogP contribution in [0.5, 0.6) is 0 Å². The first-order chi connectivity index (χ1) is 11.1. The lowest BCUT2D eigenvalue weighted by Gasteiger charge is -2.10. The first-order valence-corrected chi connectivity index (χ1v) is 7.38. The van der Waals surface area contributed by atoms with Crippen LogP contribution < -0.4 is 10.6 Å². The molecule has 5 heteroatoms. The Morgan fingerprint density at radius 1 is 0.957 bits per heavy atom. The minimum absolute atomic E-state index is 0.300. The highest BCUT2D eigenvalue weighted by Crippen LogP contribution is 2.17. The van der Waals surface area contributed by atoms with Crippen LogP contribution in [0.1, 0.15) is 11.3 Å². The van der Waals surface area contributed by atoms with Gasteiger partial charge in [-0.05, 0) is 38.1 Å². The molecule has 0 atom stereocenters. The average Bonchev–Trinajstić information content (AvgIpc) is 2.91. The maximum atomic E-state index is 12.2. The van der Waals surface area contributed by atoms with Gasteiger partial charge in [0.15, 0.2) is 0 Å². The zero-order valence-corrected chi connectivity index (χ0v) is 13.1. The number of urea groups is 1. The van der Waals surface area contributed by atoms with Gasteiger partial charge in [-0.3, -0.25) is 5.32 Å². The number of nitrogens with one attached hydrogen (secondary N) is 2. The molecular formula is C18H18N4O. The van der Waals surface area contributed by atoms with Gasteiger partial charge in [0, 0.05) is 11.8 Å². The van der Waals surface area contributed by atoms with Crippen LogP contribution in [0.3, 0.4) is 0 Å². The van der Waals surface area contributed by atoms with Crippen molar-refractivity contribution in [1.29, 1.82) is 0 Å². The van der Waals surface area contributed by atoms with E-state index in [-0.39, 0.29) is 6.03 Å². The van der Waals surface area contributed by atoms with Crippen molar-refractivity contribution in [3.63, 3.8) is 0 Å². The molecule has 2 amide bonds. The number of anilines is 2. The molecule has 0 aliphatic rings. The third-order valence-corrected chi connectivity index (χ3v) is 3.38. The number of rotatable bonds is 3. The first-order valence-electron chi connectivity index (χ1n) is 7.38. The monoisotopic (exact) mass is 306 g/mol. The second-order valence-corrected chi connectivity index (χ2v) is 5.36. The summed E-state index contributed by atoms with van der Waals surface area (Å²) >= 11 is 0. The number of aromatic nitrogens is 2. The van der Waals surface area contributed by atoms with E-state index in [9.17, 15) is 4.79 Å². The molecule has 1 aromatic heterocycles. The van der Waals surface area contributed by atoms with E-state index in [0.29, 0.717) is 5.82 Å². The van der Waals surface area contributed by atoms with E-state index in [1.54, 1.807) is 4.68 Å². The molecule has 116 valence electrons. The van der Waals surface area contributed by atoms with Crippen LogP contribution in [0, 0.1) is 13.8 Å². The Hall–Kier alpha value is -3.08. The van der Waals surface area contributed by atoms with E-state index in [0.717, 1.165) is 22.6 Å². The van der Waals surface area contributed by atoms with Gasteiger partial charge in [-0.1, -0.05) is 35.9 Å². The third-order valence-electron chi connectivity index (χ3n) is 3.38. The highest BCUT2D eigenvalue weighted by atomic mass is 16.2. The summed E-state index contributed by atoms with van der Waals surface area (Å²) in [7, 11) is 0. The fraction of sp³-hybridized carbons (Fsp3) is 0.111. The highest BCUT2D eigenvalue weighted by molar-refractivity contribution is 5.99. The van der Waals surface area contributed by atoms with E-state index in [1.807, 2.05) is 74.5 Å². The molecule has 2 N–H and O–H groups in total. The number of para-hydroxylation sites is 1. The third kappa shape index (κ3) is 3.58.